The minimum absolute atomic E-state index is 0.743. The molecule has 0 saturated heterocycles. The van der Waals surface area contributed by atoms with Crippen LogP contribution >= 0.6 is 11.6 Å². The topological polar surface area (TPSA) is 0 Å². The summed E-state index contributed by atoms with van der Waals surface area (Å²) in [6.45, 7) is 2.13. The summed E-state index contributed by atoms with van der Waals surface area (Å²) in [6, 6.07) is 51.8. The zero-order valence-corrected chi connectivity index (χ0v) is 22.0. The lowest BCUT2D eigenvalue weighted by Gasteiger charge is -2.17. The first-order valence-electron chi connectivity index (χ1n) is 12.9. The number of benzene rings is 6. The van der Waals surface area contributed by atoms with Crippen LogP contribution in [0, 0.1) is 6.92 Å². The molecule has 0 fully saturated rings. The van der Waals surface area contributed by atoms with E-state index in [0.717, 1.165) is 10.6 Å². The lowest BCUT2D eigenvalue weighted by atomic mass is 9.87. The molecule has 0 radical (unpaired) electrons. The summed E-state index contributed by atoms with van der Waals surface area (Å²) in [4.78, 5) is 0. The fourth-order valence-electron chi connectivity index (χ4n) is 5.03. The maximum Gasteiger partial charge on any atom is 0.0406 e. The number of hydrogen-bond donors (Lipinski definition) is 0. The molecule has 0 aliphatic heterocycles. The van der Waals surface area contributed by atoms with Crippen molar-refractivity contribution in [2.45, 2.75) is 6.92 Å². The second kappa shape index (κ2) is 10.5. The predicted octanol–water partition coefficient (Wildman–Crippen LogP) is 11.0. The molecule has 0 aliphatic rings. The van der Waals surface area contributed by atoms with E-state index >= 15 is 0 Å². The van der Waals surface area contributed by atoms with Crippen LogP contribution in [0.2, 0.25) is 5.02 Å². The molecule has 0 spiro atoms. The molecule has 0 amide bonds. The Bertz CT molecular complexity index is 1680. The van der Waals surface area contributed by atoms with Gasteiger partial charge in [0.2, 0.25) is 0 Å². The van der Waals surface area contributed by atoms with Crippen molar-refractivity contribution in [3.8, 4) is 55.6 Å². The first-order chi connectivity index (χ1) is 18.7. The van der Waals surface area contributed by atoms with Crippen LogP contribution in [0.4, 0.5) is 0 Å². The Hall–Kier alpha value is -4.39. The monoisotopic (exact) mass is 506 g/mol. The molecule has 0 unspecified atom stereocenters. The van der Waals surface area contributed by atoms with E-state index in [1.807, 2.05) is 12.1 Å². The first-order valence-corrected chi connectivity index (χ1v) is 13.3. The summed E-state index contributed by atoms with van der Waals surface area (Å²) in [5, 5.41) is 0.743. The van der Waals surface area contributed by atoms with Gasteiger partial charge >= 0.3 is 0 Å². The van der Waals surface area contributed by atoms with Crippen LogP contribution in [0.1, 0.15) is 5.56 Å². The predicted molar refractivity (Wildman–Crippen MR) is 163 cm³/mol. The summed E-state index contributed by atoms with van der Waals surface area (Å²) >= 11 is 6.20. The summed E-state index contributed by atoms with van der Waals surface area (Å²) in [5.74, 6) is 0. The molecule has 0 heterocycles. The van der Waals surface area contributed by atoms with E-state index in [2.05, 4.69) is 140 Å². The van der Waals surface area contributed by atoms with Crippen molar-refractivity contribution in [2.75, 3.05) is 0 Å². The van der Waals surface area contributed by atoms with Gasteiger partial charge in [-0.15, -0.1) is 0 Å². The van der Waals surface area contributed by atoms with E-state index in [4.69, 9.17) is 11.6 Å². The molecule has 1 heteroatoms. The Labute approximate surface area is 229 Å². The van der Waals surface area contributed by atoms with Gasteiger partial charge in [-0.05, 0) is 86.8 Å². The van der Waals surface area contributed by atoms with Crippen molar-refractivity contribution in [3.05, 3.63) is 156 Å². The highest BCUT2D eigenvalue weighted by atomic mass is 35.5. The van der Waals surface area contributed by atoms with Gasteiger partial charge in [0.15, 0.2) is 0 Å². The van der Waals surface area contributed by atoms with Gasteiger partial charge in [0.25, 0.3) is 0 Å². The highest BCUT2D eigenvalue weighted by molar-refractivity contribution is 6.30. The zero-order valence-electron chi connectivity index (χ0n) is 21.2. The summed E-state index contributed by atoms with van der Waals surface area (Å²) in [7, 11) is 0. The van der Waals surface area contributed by atoms with E-state index in [-0.39, 0.29) is 0 Å². The van der Waals surface area contributed by atoms with Crippen LogP contribution in [0.25, 0.3) is 55.6 Å². The molecule has 6 aromatic rings. The standard InChI is InChI=1S/C37H27Cl/c1-26-12-14-27(15-13-26)31-18-22-35(36(24-31)28-8-4-2-5-9-28)32-19-23-34(30-16-20-33(38)21-17-30)37(25-32)29-10-6-3-7-11-29/h2-25H,1H3. The highest BCUT2D eigenvalue weighted by Gasteiger charge is 2.14. The van der Waals surface area contributed by atoms with E-state index < -0.39 is 0 Å². The molecular weight excluding hydrogens is 480 g/mol. The zero-order chi connectivity index (χ0) is 25.9. The van der Waals surface area contributed by atoms with Gasteiger partial charge in [0, 0.05) is 5.02 Å². The van der Waals surface area contributed by atoms with Gasteiger partial charge < -0.3 is 0 Å². The molecule has 0 bridgehead atoms. The van der Waals surface area contributed by atoms with Crippen LogP contribution < -0.4 is 0 Å². The molecule has 0 nitrogen and oxygen atoms in total. The van der Waals surface area contributed by atoms with Crippen molar-refractivity contribution < 1.29 is 0 Å². The Morgan fingerprint density at radius 1 is 0.342 bits per heavy atom. The van der Waals surface area contributed by atoms with Gasteiger partial charge in [0.05, 0.1) is 0 Å². The summed E-state index contributed by atoms with van der Waals surface area (Å²) in [6.07, 6.45) is 0. The molecule has 0 aliphatic carbocycles. The quantitative estimate of drug-likeness (QED) is 0.218. The van der Waals surface area contributed by atoms with Crippen LogP contribution in [0.5, 0.6) is 0 Å². The van der Waals surface area contributed by atoms with Gasteiger partial charge in [0.1, 0.15) is 0 Å². The summed E-state index contributed by atoms with van der Waals surface area (Å²) < 4.78 is 0. The second-order valence-electron chi connectivity index (χ2n) is 9.63. The second-order valence-corrected chi connectivity index (χ2v) is 10.1. The Morgan fingerprint density at radius 3 is 1.34 bits per heavy atom. The van der Waals surface area contributed by atoms with Crippen molar-refractivity contribution >= 4 is 11.6 Å². The smallest absolute Gasteiger partial charge is 0.0406 e. The van der Waals surface area contributed by atoms with Crippen molar-refractivity contribution in [2.24, 2.45) is 0 Å². The van der Waals surface area contributed by atoms with Gasteiger partial charge in [-0.3, -0.25) is 0 Å². The highest BCUT2D eigenvalue weighted by Crippen LogP contribution is 2.40. The molecule has 6 rings (SSSR count). The van der Waals surface area contributed by atoms with Crippen molar-refractivity contribution in [1.29, 1.82) is 0 Å². The minimum atomic E-state index is 0.743. The fraction of sp³-hybridized carbons (Fsp3) is 0.0270. The molecule has 6 aromatic carbocycles. The van der Waals surface area contributed by atoms with Crippen LogP contribution in [-0.2, 0) is 0 Å². The fourth-order valence-corrected chi connectivity index (χ4v) is 5.15. The van der Waals surface area contributed by atoms with E-state index in [1.165, 1.54) is 55.6 Å². The first kappa shape index (κ1) is 24.0. The normalized spacial score (nSPS) is 10.9. The lowest BCUT2D eigenvalue weighted by molar-refractivity contribution is 1.47. The minimum Gasteiger partial charge on any atom is -0.0843 e. The van der Waals surface area contributed by atoms with Gasteiger partial charge in [-0.2, -0.15) is 0 Å². The summed E-state index contributed by atoms with van der Waals surface area (Å²) in [5.41, 5.74) is 13.3. The molecule has 38 heavy (non-hydrogen) atoms. The maximum absolute atomic E-state index is 6.20. The SMILES string of the molecule is Cc1ccc(-c2ccc(-c3ccc(-c4ccc(Cl)cc4)c(-c4ccccc4)c3)c(-c3ccccc3)c2)cc1. The van der Waals surface area contributed by atoms with Crippen molar-refractivity contribution in [3.63, 3.8) is 0 Å². The van der Waals surface area contributed by atoms with E-state index in [0.29, 0.717) is 0 Å². The lowest BCUT2D eigenvalue weighted by Crippen LogP contribution is -1.91. The maximum atomic E-state index is 6.20. The van der Waals surface area contributed by atoms with Crippen LogP contribution in [0.3, 0.4) is 0 Å². The molecule has 0 aromatic heterocycles. The number of halogens is 1. The average molecular weight is 507 g/mol. The number of rotatable bonds is 5. The largest absolute Gasteiger partial charge is 0.0843 e. The van der Waals surface area contributed by atoms with Crippen LogP contribution in [0.15, 0.2) is 146 Å². The third kappa shape index (κ3) is 4.92. The van der Waals surface area contributed by atoms with Gasteiger partial charge in [-0.1, -0.05) is 138 Å². The third-order valence-electron chi connectivity index (χ3n) is 7.06. The third-order valence-corrected chi connectivity index (χ3v) is 7.31. The average Bonchev–Trinajstić information content (AvgIpc) is 2.98. The Morgan fingerprint density at radius 2 is 0.763 bits per heavy atom. The van der Waals surface area contributed by atoms with Gasteiger partial charge in [-0.25, -0.2) is 0 Å². The molecule has 182 valence electrons. The molecule has 0 atom stereocenters. The Kier molecular flexibility index (Phi) is 6.65. The molecular formula is C37H27Cl. The number of hydrogen-bond acceptors (Lipinski definition) is 0. The molecule has 0 N–H and O–H groups in total. The van der Waals surface area contributed by atoms with Crippen molar-refractivity contribution in [1.82, 2.24) is 0 Å². The van der Waals surface area contributed by atoms with E-state index in [1.54, 1.807) is 0 Å². The number of aryl methyl sites for hydroxylation is 1. The Balaban J connectivity index is 1.54. The van der Waals surface area contributed by atoms with E-state index in [9.17, 15) is 0 Å². The molecule has 0 saturated carbocycles. The van der Waals surface area contributed by atoms with Crippen LogP contribution in [-0.4, -0.2) is 0 Å².